The van der Waals surface area contributed by atoms with Gasteiger partial charge in [-0.25, -0.2) is 29.2 Å². The summed E-state index contributed by atoms with van der Waals surface area (Å²) in [5, 5.41) is 4.27. The molecule has 1 aliphatic carbocycles. The van der Waals surface area contributed by atoms with Crippen LogP contribution in [0.15, 0.2) is 24.7 Å². The predicted molar refractivity (Wildman–Crippen MR) is 137 cm³/mol. The van der Waals surface area contributed by atoms with Crippen molar-refractivity contribution in [3.05, 3.63) is 30.2 Å². The number of ether oxygens (including phenoxy) is 3. The molecule has 0 saturated heterocycles. The third-order valence-corrected chi connectivity index (χ3v) is 5.57. The van der Waals surface area contributed by atoms with E-state index in [9.17, 15) is 27.6 Å². The van der Waals surface area contributed by atoms with E-state index in [1.165, 1.54) is 4.68 Å². The van der Waals surface area contributed by atoms with E-state index in [4.69, 9.17) is 14.2 Å². The molecule has 0 aromatic carbocycles. The SMILES string of the molecule is CC(C)(C)OC(=O)N(C(=O)OC(C)(C)C)c1ncnc2c1c(Oc1cc(C(F)(F)F)ccn1)nn2CC1CC(=O)C1. The standard InChI is InChI=1S/C26H29F3N6O6/c1-24(2,3)40-22(37)35(23(38)41-25(4,5)6)20-18-19(31-13-32-20)34(12-14-9-16(36)10-14)33-21(18)39-17-11-15(7-8-30-17)26(27,28)29/h7-8,11,13-14H,9-10,12H2,1-6H3. The Bertz CT molecular complexity index is 1460. The topological polar surface area (TPSA) is 139 Å². The molecule has 1 aliphatic rings. The van der Waals surface area contributed by atoms with E-state index in [-0.39, 0.29) is 41.0 Å². The lowest BCUT2D eigenvalue weighted by Crippen LogP contribution is -2.44. The quantitative estimate of drug-likeness (QED) is 0.371. The molecule has 220 valence electrons. The summed E-state index contributed by atoms with van der Waals surface area (Å²) in [6.45, 7) is 9.79. The second-order valence-corrected chi connectivity index (χ2v) is 11.5. The van der Waals surface area contributed by atoms with Crippen LogP contribution in [0.3, 0.4) is 0 Å². The molecule has 1 fully saturated rings. The van der Waals surface area contributed by atoms with Crippen molar-refractivity contribution in [2.75, 3.05) is 4.90 Å². The summed E-state index contributed by atoms with van der Waals surface area (Å²) in [5.74, 6) is -1.12. The number of Topliss-reactive ketones (excluding diaryl/α,β-unsaturated/α-hetero) is 1. The van der Waals surface area contributed by atoms with Gasteiger partial charge in [0.1, 0.15) is 28.7 Å². The van der Waals surface area contributed by atoms with Crippen LogP contribution in [0.5, 0.6) is 11.8 Å². The van der Waals surface area contributed by atoms with Gasteiger partial charge >= 0.3 is 18.4 Å². The summed E-state index contributed by atoms with van der Waals surface area (Å²) < 4.78 is 58.0. The Morgan fingerprint density at radius 3 is 2.15 bits per heavy atom. The van der Waals surface area contributed by atoms with E-state index in [0.29, 0.717) is 23.8 Å². The third-order valence-electron chi connectivity index (χ3n) is 5.57. The molecule has 15 heteroatoms. The number of carbonyl (C=O) groups is 3. The van der Waals surface area contributed by atoms with Crippen molar-refractivity contribution >= 4 is 34.8 Å². The second-order valence-electron chi connectivity index (χ2n) is 11.5. The van der Waals surface area contributed by atoms with Gasteiger partial charge in [0.25, 0.3) is 5.88 Å². The average molecular weight is 579 g/mol. The zero-order valence-corrected chi connectivity index (χ0v) is 23.3. The molecule has 12 nitrogen and oxygen atoms in total. The van der Waals surface area contributed by atoms with Crippen LogP contribution in [0.1, 0.15) is 59.9 Å². The summed E-state index contributed by atoms with van der Waals surface area (Å²) in [7, 11) is 0. The maximum atomic E-state index is 13.3. The van der Waals surface area contributed by atoms with Crippen LogP contribution in [0.25, 0.3) is 11.0 Å². The largest absolute Gasteiger partial charge is 0.443 e. The van der Waals surface area contributed by atoms with Gasteiger partial charge < -0.3 is 14.2 Å². The number of ketones is 1. The average Bonchev–Trinajstić information content (AvgIpc) is 3.13. The van der Waals surface area contributed by atoms with E-state index < -0.39 is 41.0 Å². The molecule has 0 N–H and O–H groups in total. The number of imide groups is 1. The molecule has 4 rings (SSSR count). The molecular weight excluding hydrogens is 549 g/mol. The Balaban J connectivity index is 1.88. The van der Waals surface area contributed by atoms with E-state index in [1.807, 2.05) is 0 Å². The van der Waals surface area contributed by atoms with Gasteiger partial charge in [0.05, 0.1) is 5.56 Å². The van der Waals surface area contributed by atoms with Crippen LogP contribution >= 0.6 is 0 Å². The van der Waals surface area contributed by atoms with Crippen LogP contribution in [0.4, 0.5) is 28.6 Å². The molecule has 2 amide bonds. The molecule has 1 saturated carbocycles. The molecule has 0 bridgehead atoms. The molecule has 0 spiro atoms. The Morgan fingerprint density at radius 1 is 1.00 bits per heavy atom. The fourth-order valence-electron chi connectivity index (χ4n) is 3.89. The number of carbonyl (C=O) groups excluding carboxylic acids is 3. The first-order valence-corrected chi connectivity index (χ1v) is 12.6. The van der Waals surface area contributed by atoms with Gasteiger partial charge in [-0.05, 0) is 53.5 Å². The van der Waals surface area contributed by atoms with Gasteiger partial charge in [0, 0.05) is 31.6 Å². The number of fused-ring (bicyclic) bond motifs is 1. The second kappa shape index (κ2) is 10.6. The Kier molecular flexibility index (Phi) is 7.67. The number of anilines is 1. The first-order chi connectivity index (χ1) is 18.9. The van der Waals surface area contributed by atoms with Gasteiger partial charge in [-0.3, -0.25) is 4.79 Å². The van der Waals surface area contributed by atoms with Crippen molar-refractivity contribution in [3.8, 4) is 11.8 Å². The summed E-state index contributed by atoms with van der Waals surface area (Å²) in [6.07, 6.45) is -4.31. The minimum Gasteiger partial charge on any atom is -0.443 e. The van der Waals surface area contributed by atoms with Crippen LogP contribution in [-0.2, 0) is 27.0 Å². The predicted octanol–water partition coefficient (Wildman–Crippen LogP) is 5.69. The van der Waals surface area contributed by atoms with Crippen molar-refractivity contribution in [1.29, 1.82) is 0 Å². The van der Waals surface area contributed by atoms with Crippen LogP contribution in [0, 0.1) is 5.92 Å². The Labute approximate surface area is 232 Å². The fourth-order valence-corrected chi connectivity index (χ4v) is 3.89. The Morgan fingerprint density at radius 2 is 1.61 bits per heavy atom. The van der Waals surface area contributed by atoms with E-state index in [1.54, 1.807) is 41.5 Å². The normalized spacial score (nSPS) is 14.5. The smallest absolute Gasteiger partial charge is 0.425 e. The fraction of sp³-hybridized carbons (Fsp3) is 0.500. The highest BCUT2D eigenvalue weighted by molar-refractivity contribution is 6.14. The van der Waals surface area contributed by atoms with Gasteiger partial charge in [-0.1, -0.05) is 0 Å². The molecular formula is C26H29F3N6O6. The number of alkyl halides is 3. The number of amides is 2. The minimum absolute atomic E-state index is 0.0728. The highest BCUT2D eigenvalue weighted by Crippen LogP contribution is 2.38. The van der Waals surface area contributed by atoms with Gasteiger partial charge in [-0.15, -0.1) is 5.10 Å². The summed E-state index contributed by atoms with van der Waals surface area (Å²) in [5.41, 5.74) is -2.97. The number of hydrogen-bond acceptors (Lipinski definition) is 10. The lowest BCUT2D eigenvalue weighted by molar-refractivity contribution is -0.137. The number of halogens is 3. The lowest BCUT2D eigenvalue weighted by atomic mass is 9.84. The third kappa shape index (κ3) is 7.08. The molecule has 3 heterocycles. The first-order valence-electron chi connectivity index (χ1n) is 12.6. The van der Waals surface area contributed by atoms with E-state index >= 15 is 0 Å². The summed E-state index contributed by atoms with van der Waals surface area (Å²) >= 11 is 0. The van der Waals surface area contributed by atoms with Crippen LogP contribution in [0.2, 0.25) is 0 Å². The van der Waals surface area contributed by atoms with Gasteiger partial charge in [0.15, 0.2) is 11.5 Å². The lowest BCUT2D eigenvalue weighted by Gasteiger charge is -2.28. The van der Waals surface area contributed by atoms with Crippen molar-refractivity contribution in [1.82, 2.24) is 24.7 Å². The zero-order valence-electron chi connectivity index (χ0n) is 23.3. The summed E-state index contributed by atoms with van der Waals surface area (Å²) in [6, 6.07) is 1.46. The van der Waals surface area contributed by atoms with Crippen LogP contribution in [-0.4, -0.2) is 53.9 Å². The molecule has 3 aromatic rings. The highest BCUT2D eigenvalue weighted by Gasteiger charge is 2.38. The maximum absolute atomic E-state index is 13.3. The monoisotopic (exact) mass is 578 g/mol. The van der Waals surface area contributed by atoms with Crippen molar-refractivity contribution in [2.45, 2.75) is 78.3 Å². The molecule has 0 aliphatic heterocycles. The molecule has 0 unspecified atom stereocenters. The Hall–Kier alpha value is -4.30. The van der Waals surface area contributed by atoms with Crippen molar-refractivity contribution in [2.24, 2.45) is 5.92 Å². The van der Waals surface area contributed by atoms with E-state index in [2.05, 4.69) is 20.1 Å². The number of nitrogens with zero attached hydrogens (tertiary/aromatic N) is 6. The van der Waals surface area contributed by atoms with Crippen molar-refractivity contribution in [3.63, 3.8) is 0 Å². The van der Waals surface area contributed by atoms with Crippen LogP contribution < -0.4 is 9.64 Å². The molecule has 41 heavy (non-hydrogen) atoms. The number of aromatic nitrogens is 5. The maximum Gasteiger partial charge on any atom is 0.425 e. The van der Waals surface area contributed by atoms with E-state index in [0.717, 1.165) is 18.6 Å². The number of pyridine rings is 1. The molecule has 3 aromatic heterocycles. The van der Waals surface area contributed by atoms with Crippen molar-refractivity contribution < 1.29 is 41.8 Å². The number of rotatable bonds is 5. The molecule has 0 atom stereocenters. The van der Waals surface area contributed by atoms with Gasteiger partial charge in [-0.2, -0.15) is 18.1 Å². The zero-order chi connectivity index (χ0) is 30.3. The minimum atomic E-state index is -4.67. The highest BCUT2D eigenvalue weighted by atomic mass is 19.4. The van der Waals surface area contributed by atoms with Gasteiger partial charge in [0.2, 0.25) is 5.88 Å². The molecule has 0 radical (unpaired) electrons. The first kappa shape index (κ1) is 29.7. The number of hydrogen-bond donors (Lipinski definition) is 0. The summed E-state index contributed by atoms with van der Waals surface area (Å²) in [4.78, 5) is 51.0.